The minimum Gasteiger partial charge on any atom is -0.492 e. The summed E-state index contributed by atoms with van der Waals surface area (Å²) in [5.74, 6) is 0.753. The Labute approximate surface area is 109 Å². The Kier molecular flexibility index (Phi) is 6.09. The molecule has 1 aromatic rings. The van der Waals surface area contributed by atoms with Crippen molar-refractivity contribution in [3.63, 3.8) is 0 Å². The Morgan fingerprint density at radius 3 is 2.88 bits per heavy atom. The number of rotatable bonds is 7. The van der Waals surface area contributed by atoms with E-state index in [1.165, 1.54) is 0 Å². The van der Waals surface area contributed by atoms with Crippen LogP contribution in [-0.4, -0.2) is 13.7 Å². The molecule has 1 atom stereocenters. The first-order chi connectivity index (χ1) is 8.19. The summed E-state index contributed by atoms with van der Waals surface area (Å²) in [5, 5.41) is 3.85. The monoisotopic (exact) mass is 253 g/mol. The van der Waals surface area contributed by atoms with Gasteiger partial charge in [0.05, 0.1) is 11.6 Å². The Balaban J connectivity index is 2.59. The number of hydrogen-bond acceptors (Lipinski definition) is 2. The highest BCUT2D eigenvalue weighted by Crippen LogP contribution is 2.27. The molecule has 1 rings (SSSR count). The Bertz CT molecular complexity index is 365. The van der Waals surface area contributed by atoms with Gasteiger partial charge in [0, 0.05) is 6.04 Å². The van der Waals surface area contributed by atoms with E-state index < -0.39 is 0 Å². The predicted octanol–water partition coefficient (Wildman–Crippen LogP) is 3.97. The number of hydrogen-bond donors (Lipinski definition) is 1. The van der Waals surface area contributed by atoms with Crippen LogP contribution < -0.4 is 10.1 Å². The lowest BCUT2D eigenvalue weighted by molar-refractivity contribution is 0.312. The van der Waals surface area contributed by atoms with Gasteiger partial charge in [-0.1, -0.05) is 23.7 Å². The smallest absolute Gasteiger partial charge is 0.137 e. The maximum absolute atomic E-state index is 6.17. The zero-order valence-electron chi connectivity index (χ0n) is 10.5. The first-order valence-electron chi connectivity index (χ1n) is 5.89. The van der Waals surface area contributed by atoms with Crippen molar-refractivity contribution in [2.75, 3.05) is 13.7 Å². The van der Waals surface area contributed by atoms with Crippen LogP contribution in [-0.2, 0) is 0 Å². The maximum Gasteiger partial charge on any atom is 0.137 e. The molecule has 0 saturated carbocycles. The van der Waals surface area contributed by atoms with Crippen LogP contribution in [0.15, 0.2) is 30.9 Å². The van der Waals surface area contributed by atoms with Crippen LogP contribution in [0.25, 0.3) is 0 Å². The highest BCUT2D eigenvalue weighted by Gasteiger charge is 2.07. The van der Waals surface area contributed by atoms with Gasteiger partial charge < -0.3 is 10.1 Å². The average Bonchev–Trinajstić information content (AvgIpc) is 2.35. The number of ether oxygens (including phenoxy) is 1. The molecule has 0 amide bonds. The molecule has 1 unspecified atom stereocenters. The SMILES string of the molecule is C=CCCCOc1ccc(C(C)NC)cc1Cl. The average molecular weight is 254 g/mol. The Hall–Kier alpha value is -0.990. The predicted molar refractivity (Wildman–Crippen MR) is 73.9 cm³/mol. The number of nitrogens with one attached hydrogen (secondary N) is 1. The third kappa shape index (κ3) is 4.41. The van der Waals surface area contributed by atoms with Crippen LogP contribution in [0.4, 0.5) is 0 Å². The van der Waals surface area contributed by atoms with Crippen LogP contribution in [0, 0.1) is 0 Å². The largest absolute Gasteiger partial charge is 0.492 e. The van der Waals surface area contributed by atoms with E-state index in [0.717, 1.165) is 24.2 Å². The molecule has 2 nitrogen and oxygen atoms in total. The summed E-state index contributed by atoms with van der Waals surface area (Å²) in [5.41, 5.74) is 1.16. The summed E-state index contributed by atoms with van der Waals surface area (Å²) >= 11 is 6.17. The minimum absolute atomic E-state index is 0.294. The van der Waals surface area contributed by atoms with Gasteiger partial charge in [0.2, 0.25) is 0 Å². The summed E-state index contributed by atoms with van der Waals surface area (Å²) < 4.78 is 5.61. The Morgan fingerprint density at radius 1 is 1.53 bits per heavy atom. The number of halogens is 1. The molecule has 0 spiro atoms. The van der Waals surface area contributed by atoms with Crippen molar-refractivity contribution < 1.29 is 4.74 Å². The minimum atomic E-state index is 0.294. The molecule has 3 heteroatoms. The molecule has 1 N–H and O–H groups in total. The fourth-order valence-corrected chi connectivity index (χ4v) is 1.72. The van der Waals surface area contributed by atoms with Crippen molar-refractivity contribution in [3.05, 3.63) is 41.4 Å². The molecule has 17 heavy (non-hydrogen) atoms. The van der Waals surface area contributed by atoms with Gasteiger partial charge in [-0.3, -0.25) is 0 Å². The number of benzene rings is 1. The summed E-state index contributed by atoms with van der Waals surface area (Å²) in [7, 11) is 1.93. The molecule has 0 radical (unpaired) electrons. The molecular formula is C14H20ClNO. The summed E-state index contributed by atoms with van der Waals surface area (Å²) in [6.45, 7) is 6.44. The highest BCUT2D eigenvalue weighted by atomic mass is 35.5. The van der Waals surface area contributed by atoms with Crippen molar-refractivity contribution in [2.45, 2.75) is 25.8 Å². The van der Waals surface area contributed by atoms with Gasteiger partial charge in [-0.15, -0.1) is 6.58 Å². The molecule has 0 saturated heterocycles. The van der Waals surface area contributed by atoms with Crippen LogP contribution in [0.3, 0.4) is 0 Å². The van der Waals surface area contributed by atoms with E-state index in [0.29, 0.717) is 17.7 Å². The first kappa shape index (κ1) is 14.1. The molecule has 0 aliphatic heterocycles. The molecular weight excluding hydrogens is 234 g/mol. The molecule has 94 valence electrons. The van der Waals surface area contributed by atoms with Crippen LogP contribution in [0.5, 0.6) is 5.75 Å². The standard InChI is InChI=1S/C14H20ClNO/c1-4-5-6-9-17-14-8-7-12(10-13(14)15)11(2)16-3/h4,7-8,10-11,16H,1,5-6,9H2,2-3H3. The van der Waals surface area contributed by atoms with Crippen molar-refractivity contribution >= 4 is 11.6 Å². The van der Waals surface area contributed by atoms with E-state index in [9.17, 15) is 0 Å². The normalized spacial score (nSPS) is 12.2. The topological polar surface area (TPSA) is 21.3 Å². The van der Waals surface area contributed by atoms with Crippen molar-refractivity contribution in [3.8, 4) is 5.75 Å². The maximum atomic E-state index is 6.17. The highest BCUT2D eigenvalue weighted by molar-refractivity contribution is 6.32. The van der Waals surface area contributed by atoms with E-state index in [-0.39, 0.29) is 0 Å². The van der Waals surface area contributed by atoms with Crippen LogP contribution in [0.2, 0.25) is 5.02 Å². The van der Waals surface area contributed by atoms with Crippen molar-refractivity contribution in [1.82, 2.24) is 5.32 Å². The fraction of sp³-hybridized carbons (Fsp3) is 0.429. The molecule has 0 heterocycles. The van der Waals surface area contributed by atoms with Gasteiger partial charge in [0.1, 0.15) is 5.75 Å². The second-order valence-electron chi connectivity index (χ2n) is 3.98. The van der Waals surface area contributed by atoms with Gasteiger partial charge in [-0.05, 0) is 44.5 Å². The second kappa shape index (κ2) is 7.36. The van der Waals surface area contributed by atoms with Crippen molar-refractivity contribution in [2.24, 2.45) is 0 Å². The van der Waals surface area contributed by atoms with Gasteiger partial charge in [-0.25, -0.2) is 0 Å². The van der Waals surface area contributed by atoms with Gasteiger partial charge >= 0.3 is 0 Å². The number of allylic oxidation sites excluding steroid dienone is 1. The van der Waals surface area contributed by atoms with Gasteiger partial charge in [0.15, 0.2) is 0 Å². The third-order valence-corrected chi connectivity index (χ3v) is 2.99. The molecule has 0 aliphatic rings. The summed E-state index contributed by atoms with van der Waals surface area (Å²) in [6.07, 6.45) is 3.82. The van der Waals surface area contributed by atoms with E-state index in [1.807, 2.05) is 31.3 Å². The second-order valence-corrected chi connectivity index (χ2v) is 4.39. The lowest BCUT2D eigenvalue weighted by Crippen LogP contribution is -2.12. The van der Waals surface area contributed by atoms with E-state index in [2.05, 4.69) is 18.8 Å². The zero-order valence-corrected chi connectivity index (χ0v) is 11.3. The molecule has 0 aromatic heterocycles. The Morgan fingerprint density at radius 2 is 2.29 bits per heavy atom. The van der Waals surface area contributed by atoms with Gasteiger partial charge in [0.25, 0.3) is 0 Å². The summed E-state index contributed by atoms with van der Waals surface area (Å²) in [6, 6.07) is 6.21. The van der Waals surface area contributed by atoms with Crippen molar-refractivity contribution in [1.29, 1.82) is 0 Å². The zero-order chi connectivity index (χ0) is 12.7. The third-order valence-electron chi connectivity index (χ3n) is 2.70. The number of unbranched alkanes of at least 4 members (excludes halogenated alkanes) is 1. The molecule has 0 fully saturated rings. The van der Waals surface area contributed by atoms with E-state index >= 15 is 0 Å². The lowest BCUT2D eigenvalue weighted by atomic mass is 10.1. The lowest BCUT2D eigenvalue weighted by Gasteiger charge is -2.13. The molecule has 0 aliphatic carbocycles. The van der Waals surface area contributed by atoms with Crippen LogP contribution >= 0.6 is 11.6 Å². The molecule has 1 aromatic carbocycles. The first-order valence-corrected chi connectivity index (χ1v) is 6.27. The van der Waals surface area contributed by atoms with Gasteiger partial charge in [-0.2, -0.15) is 0 Å². The van der Waals surface area contributed by atoms with E-state index in [4.69, 9.17) is 16.3 Å². The van der Waals surface area contributed by atoms with E-state index in [1.54, 1.807) is 0 Å². The summed E-state index contributed by atoms with van der Waals surface area (Å²) in [4.78, 5) is 0. The quantitative estimate of drug-likeness (QED) is 0.587. The fourth-order valence-electron chi connectivity index (χ4n) is 1.48. The molecule has 0 bridgehead atoms. The van der Waals surface area contributed by atoms with Crippen LogP contribution in [0.1, 0.15) is 31.4 Å².